The number of amides is 12. The molecule has 1 saturated heterocycles. The number of unbranched alkanes of at least 4 members (excludes halogenated alkanes) is 1. The van der Waals surface area contributed by atoms with Crippen LogP contribution in [0.15, 0.2) is 140 Å². The molecule has 110 heavy (non-hydrogen) atoms. The van der Waals surface area contributed by atoms with Crippen molar-refractivity contribution >= 4 is 111 Å². The van der Waals surface area contributed by atoms with E-state index in [4.69, 9.17) is 11.6 Å². The lowest BCUT2D eigenvalue weighted by Gasteiger charge is -2.31. The average molecular weight is 1530 g/mol. The lowest BCUT2D eigenvalue weighted by molar-refractivity contribution is -0.144. The number of carbonyl (C=O) groups excluding carboxylic acids is 12. The molecule has 30 heteroatoms. The summed E-state index contributed by atoms with van der Waals surface area (Å²) in [5.74, 6) is -10.5. The number of carboxylic acid groups (broad SMARTS) is 1. The number of aliphatic hydroxyl groups excluding tert-OH is 1. The Kier molecular flexibility index (Phi) is 33.3. The molecular formula is C80H101ClN14O15. The molecule has 0 aliphatic carbocycles. The number of fused-ring (bicyclic) bond motifs is 1. The highest BCUT2D eigenvalue weighted by molar-refractivity contribution is 6.30. The summed E-state index contributed by atoms with van der Waals surface area (Å²) >= 11 is 6.26. The van der Waals surface area contributed by atoms with E-state index >= 15 is 9.59 Å². The summed E-state index contributed by atoms with van der Waals surface area (Å²) < 4.78 is 0. The van der Waals surface area contributed by atoms with E-state index in [1.54, 1.807) is 98.8 Å². The first kappa shape index (κ1) is 86.1. The van der Waals surface area contributed by atoms with Crippen LogP contribution in [-0.2, 0) is 94.4 Å². The first-order chi connectivity index (χ1) is 52.4. The highest BCUT2D eigenvalue weighted by Crippen LogP contribution is 2.23. The molecule has 1 aromatic heterocycles. The number of aromatic nitrogens is 1. The monoisotopic (exact) mass is 1530 g/mol. The van der Waals surface area contributed by atoms with Crippen molar-refractivity contribution in [1.82, 2.24) is 63.1 Å². The molecule has 1 fully saturated rings. The van der Waals surface area contributed by atoms with Crippen LogP contribution < -0.4 is 63.8 Å². The fourth-order valence-electron chi connectivity index (χ4n) is 12.6. The summed E-state index contributed by atoms with van der Waals surface area (Å²) in [4.78, 5) is 187. The van der Waals surface area contributed by atoms with Crippen LogP contribution in [0, 0.1) is 5.92 Å². The molecule has 0 radical (unpaired) electrons. The number of aliphatic hydroxyl groups is 1. The maximum absolute atomic E-state index is 15.3. The fourth-order valence-corrected chi connectivity index (χ4v) is 12.8. The third kappa shape index (κ3) is 27.8. The van der Waals surface area contributed by atoms with Gasteiger partial charge in [0.2, 0.25) is 70.9 Å². The van der Waals surface area contributed by atoms with Crippen LogP contribution in [0.2, 0.25) is 5.02 Å². The van der Waals surface area contributed by atoms with E-state index in [9.17, 15) is 63.0 Å². The highest BCUT2D eigenvalue weighted by Gasteiger charge is 2.41. The standard InChI is InChI=1S/C80H101ClN14O15/c1-46(2)37-63(71(100)88-62(18-11-12-35-83-47(3)4)79(108)95-36-14-19-70(95)78(107)84-48(5)80(109)110)89-73(102)66(40-53-23-30-60(31-24-53)85-49(6)97)91-75(104)67(41-54-25-32-61(33-26-54)86-50(7)98)93-77(106)69(45-96)94-76(105)68(43-56-15-13-34-82-44-56)92-74(103)65(39-52-21-28-59(81)29-22-52)90-72(101)64(87-51(8)99)42-55-20-27-57-16-9-10-17-58(57)38-55/h9-10,13,15-17,20-34,38,44,46-48,62-70,83,96H,11-12,14,18-19,35-37,39-43,45H2,1-8H3,(H,84,107)(H,85,97)(H,86,98)(H,87,99)(H,88,100)(H,89,102)(H,90,101)(H,91,104)(H,92,103)(H,93,106)(H,94,105)(H,109,110)/t48-,62+,63+,64+,65-,66-,67+,68-,69+,70+/m1/s1. The summed E-state index contributed by atoms with van der Waals surface area (Å²) in [6, 6.07) is 21.5. The quantitative estimate of drug-likeness (QED) is 0.0242. The molecule has 7 rings (SSSR count). The van der Waals surface area contributed by atoms with Crippen LogP contribution in [0.4, 0.5) is 11.4 Å². The number of hydrogen-bond acceptors (Lipinski definition) is 16. The van der Waals surface area contributed by atoms with Crippen molar-refractivity contribution in [2.24, 2.45) is 5.92 Å². The van der Waals surface area contributed by atoms with E-state index in [-0.39, 0.29) is 81.7 Å². The Balaban J connectivity index is 1.18. The maximum atomic E-state index is 15.3. The number of carboxylic acids is 1. The Morgan fingerprint density at radius 1 is 0.482 bits per heavy atom. The van der Waals surface area contributed by atoms with Gasteiger partial charge in [0.1, 0.15) is 60.4 Å². The third-order valence-electron chi connectivity index (χ3n) is 18.2. The smallest absolute Gasteiger partial charge is 0.325 e. The predicted molar refractivity (Wildman–Crippen MR) is 414 cm³/mol. The van der Waals surface area contributed by atoms with E-state index in [0.717, 1.165) is 10.8 Å². The van der Waals surface area contributed by atoms with E-state index in [0.29, 0.717) is 70.0 Å². The van der Waals surface area contributed by atoms with Gasteiger partial charge in [-0.2, -0.15) is 0 Å². The van der Waals surface area contributed by atoms with Crippen LogP contribution in [0.1, 0.15) is 122 Å². The molecule has 0 saturated carbocycles. The lowest BCUT2D eigenvalue weighted by atomic mass is 9.99. The van der Waals surface area contributed by atoms with Crippen LogP contribution in [0.25, 0.3) is 10.8 Å². The van der Waals surface area contributed by atoms with Crippen molar-refractivity contribution in [3.8, 4) is 0 Å². The summed E-state index contributed by atoms with van der Waals surface area (Å²) in [5.41, 5.74) is 3.32. The van der Waals surface area contributed by atoms with Gasteiger partial charge in [0, 0.05) is 94.3 Å². The van der Waals surface area contributed by atoms with Crippen molar-refractivity contribution in [2.75, 3.05) is 30.3 Å². The molecule has 10 atom stereocenters. The maximum Gasteiger partial charge on any atom is 0.325 e. The van der Waals surface area contributed by atoms with Crippen molar-refractivity contribution in [1.29, 1.82) is 0 Å². The van der Waals surface area contributed by atoms with Gasteiger partial charge in [0.15, 0.2) is 0 Å². The number of benzene rings is 5. The number of anilines is 2. The number of nitrogens with one attached hydrogen (secondary N) is 12. The highest BCUT2D eigenvalue weighted by atomic mass is 35.5. The third-order valence-corrected chi connectivity index (χ3v) is 18.5. The molecular weight excluding hydrogens is 1430 g/mol. The van der Waals surface area contributed by atoms with E-state index < -0.39 is 132 Å². The van der Waals surface area contributed by atoms with Gasteiger partial charge in [-0.05, 0) is 139 Å². The summed E-state index contributed by atoms with van der Waals surface area (Å²) in [7, 11) is 0. The zero-order chi connectivity index (χ0) is 80.1. The Morgan fingerprint density at radius 2 is 0.927 bits per heavy atom. The Bertz CT molecular complexity index is 4190. The molecule has 0 spiro atoms. The van der Waals surface area contributed by atoms with Gasteiger partial charge < -0.3 is 78.9 Å². The van der Waals surface area contributed by atoms with Crippen LogP contribution >= 0.6 is 11.6 Å². The zero-order valence-electron chi connectivity index (χ0n) is 63.1. The number of hydrogen-bond donors (Lipinski definition) is 14. The fraction of sp³-hybridized carbons (Fsp3) is 0.425. The molecule has 1 aliphatic heterocycles. The topological polar surface area (TPSA) is 423 Å². The predicted octanol–water partition coefficient (Wildman–Crippen LogP) is 4.00. The number of nitrogens with zero attached hydrogens (tertiary/aromatic N) is 2. The van der Waals surface area contributed by atoms with Gasteiger partial charge in [-0.3, -0.25) is 67.3 Å². The molecule has 6 aromatic rings. The Morgan fingerprint density at radius 3 is 1.40 bits per heavy atom. The Labute approximate surface area is 644 Å². The SMILES string of the molecule is CC(=O)Nc1ccc(C[C@H](NC(=O)[C@H](CO)NC(=O)[C@@H](Cc2cccnc2)NC(=O)[C@@H](Cc2ccc(Cl)cc2)NC(=O)[C@H](Cc2ccc3ccccc3c2)NC(C)=O)C(=O)N[C@H](Cc2ccc(NC(C)=O)cc2)C(=O)N[C@@H](CC(C)C)C(=O)N[C@@H](CCCCNC(C)C)C(=O)N2CCC[C@H]2C(=O)N[C@H](C)C(=O)O)cc1. The largest absolute Gasteiger partial charge is 0.480 e. The summed E-state index contributed by atoms with van der Waals surface area (Å²) in [5, 5.41) is 55.8. The minimum absolute atomic E-state index is 0.00707. The van der Waals surface area contributed by atoms with Crippen LogP contribution in [0.3, 0.4) is 0 Å². The number of aliphatic carboxylic acids is 1. The first-order valence-electron chi connectivity index (χ1n) is 36.8. The minimum atomic E-state index is -1.86. The second kappa shape index (κ2) is 42.5. The number of pyridine rings is 1. The van der Waals surface area contributed by atoms with Gasteiger partial charge in [0.05, 0.1) is 6.61 Å². The number of rotatable bonds is 40. The lowest BCUT2D eigenvalue weighted by Crippen LogP contribution is -2.62. The van der Waals surface area contributed by atoms with Gasteiger partial charge >= 0.3 is 5.97 Å². The molecule has 0 bridgehead atoms. The van der Waals surface area contributed by atoms with Gasteiger partial charge in [-0.1, -0.05) is 124 Å². The van der Waals surface area contributed by atoms with Crippen LogP contribution in [-0.4, -0.2) is 183 Å². The average Bonchev–Trinajstić information content (AvgIpc) is 1.77. The van der Waals surface area contributed by atoms with Gasteiger partial charge in [0.25, 0.3) is 0 Å². The van der Waals surface area contributed by atoms with Crippen molar-refractivity contribution in [3.05, 3.63) is 173 Å². The Hall–Kier alpha value is -11.2. The van der Waals surface area contributed by atoms with Gasteiger partial charge in [-0.15, -0.1) is 0 Å². The molecule has 12 amide bonds. The molecule has 2 heterocycles. The zero-order valence-corrected chi connectivity index (χ0v) is 63.8. The first-order valence-corrected chi connectivity index (χ1v) is 37.2. The van der Waals surface area contributed by atoms with Crippen molar-refractivity contribution in [2.45, 2.75) is 192 Å². The molecule has 5 aromatic carbocycles. The molecule has 0 unspecified atom stereocenters. The van der Waals surface area contributed by atoms with E-state index in [1.807, 2.05) is 56.3 Å². The molecule has 1 aliphatic rings. The number of halogens is 1. The van der Waals surface area contributed by atoms with Crippen LogP contribution in [0.5, 0.6) is 0 Å². The summed E-state index contributed by atoms with van der Waals surface area (Å²) in [6.07, 6.45) is 3.77. The number of carbonyl (C=O) groups is 13. The second-order valence-corrected chi connectivity index (χ2v) is 28.7. The second-order valence-electron chi connectivity index (χ2n) is 28.3. The van der Waals surface area contributed by atoms with E-state index in [2.05, 4.69) is 68.8 Å². The van der Waals surface area contributed by atoms with Gasteiger partial charge in [-0.25, -0.2) is 0 Å². The molecule has 588 valence electrons. The van der Waals surface area contributed by atoms with Crippen molar-refractivity contribution < 1.29 is 72.5 Å². The van der Waals surface area contributed by atoms with Crippen molar-refractivity contribution in [3.63, 3.8) is 0 Å². The summed E-state index contributed by atoms with van der Waals surface area (Å²) in [6.45, 7) is 12.4. The molecule has 14 N–H and O–H groups in total. The normalized spacial score (nSPS) is 15.0. The van der Waals surface area contributed by atoms with E-state index in [1.165, 1.54) is 45.0 Å². The molecule has 29 nitrogen and oxygen atoms in total. The number of likely N-dealkylation sites (tertiary alicyclic amines) is 1. The minimum Gasteiger partial charge on any atom is -0.480 e.